The number of carbonyl (C=O) groups excluding carboxylic acids is 1. The van der Waals surface area contributed by atoms with Gasteiger partial charge in [0.15, 0.2) is 5.82 Å². The molecule has 7 heteroatoms. The summed E-state index contributed by atoms with van der Waals surface area (Å²) in [7, 11) is 0. The van der Waals surface area contributed by atoms with Crippen LogP contribution in [0.3, 0.4) is 0 Å². The minimum atomic E-state index is -0.322. The molecule has 1 amide bonds. The van der Waals surface area contributed by atoms with E-state index in [2.05, 4.69) is 26.3 Å². The number of benzene rings is 2. The van der Waals surface area contributed by atoms with Crippen molar-refractivity contribution in [1.29, 1.82) is 0 Å². The molecule has 4 nitrogen and oxygen atoms in total. The summed E-state index contributed by atoms with van der Waals surface area (Å²) >= 11 is 9.43. The van der Waals surface area contributed by atoms with E-state index in [0.29, 0.717) is 21.9 Å². The molecule has 0 saturated heterocycles. The van der Waals surface area contributed by atoms with E-state index in [1.807, 2.05) is 18.2 Å². The second-order valence-electron chi connectivity index (χ2n) is 5.49. The first-order valence-corrected chi connectivity index (χ1v) is 8.89. The van der Waals surface area contributed by atoms with Crippen LogP contribution in [-0.2, 0) is 11.3 Å². The highest BCUT2D eigenvalue weighted by atomic mass is 79.9. The van der Waals surface area contributed by atoms with Crippen LogP contribution in [0.15, 0.2) is 65.3 Å². The molecule has 0 spiro atoms. The SMILES string of the molecule is O=C(/C=C/c1ccccc1Cl)Nc1nn(Cc2ccc(F)cc2)cc1Br. The molecule has 0 aliphatic heterocycles. The zero-order valence-corrected chi connectivity index (χ0v) is 15.8. The van der Waals surface area contributed by atoms with Crippen LogP contribution in [0.5, 0.6) is 0 Å². The molecule has 1 N–H and O–H groups in total. The van der Waals surface area contributed by atoms with Crippen LogP contribution >= 0.6 is 27.5 Å². The fraction of sp³-hybridized carbons (Fsp3) is 0.0526. The molecule has 2 aromatic carbocycles. The topological polar surface area (TPSA) is 46.9 Å². The van der Waals surface area contributed by atoms with Gasteiger partial charge in [-0.25, -0.2) is 4.39 Å². The van der Waals surface area contributed by atoms with Gasteiger partial charge in [-0.1, -0.05) is 41.9 Å². The first-order valence-electron chi connectivity index (χ1n) is 7.72. The molecule has 0 unspecified atom stereocenters. The summed E-state index contributed by atoms with van der Waals surface area (Å²) in [4.78, 5) is 12.1. The van der Waals surface area contributed by atoms with Crippen molar-refractivity contribution in [3.63, 3.8) is 0 Å². The summed E-state index contributed by atoms with van der Waals surface area (Å²) in [6, 6.07) is 13.4. The summed E-state index contributed by atoms with van der Waals surface area (Å²) in [5.41, 5.74) is 1.66. The molecule has 0 saturated carbocycles. The first-order chi connectivity index (χ1) is 12.5. The number of hydrogen-bond donors (Lipinski definition) is 1. The summed E-state index contributed by atoms with van der Waals surface area (Å²) in [6.45, 7) is 0.463. The van der Waals surface area contributed by atoms with Gasteiger partial charge < -0.3 is 5.32 Å². The Labute approximate surface area is 163 Å². The highest BCUT2D eigenvalue weighted by molar-refractivity contribution is 9.10. The molecule has 3 rings (SSSR count). The average Bonchev–Trinajstić information content (AvgIpc) is 2.95. The van der Waals surface area contributed by atoms with Crippen molar-refractivity contribution in [3.05, 3.63) is 87.2 Å². The summed E-state index contributed by atoms with van der Waals surface area (Å²) in [6.07, 6.45) is 4.78. The smallest absolute Gasteiger partial charge is 0.249 e. The normalized spacial score (nSPS) is 11.0. The van der Waals surface area contributed by atoms with Crippen LogP contribution in [0.4, 0.5) is 10.2 Å². The monoisotopic (exact) mass is 433 g/mol. The summed E-state index contributed by atoms with van der Waals surface area (Å²) < 4.78 is 15.3. The lowest BCUT2D eigenvalue weighted by molar-refractivity contribution is -0.111. The average molecular weight is 435 g/mol. The standard InChI is InChI=1S/C19H14BrClFN3O/c20-16-12-25(11-13-5-8-15(22)9-6-13)24-19(16)23-18(26)10-7-14-3-1-2-4-17(14)21/h1-10,12H,11H2,(H,23,24,26)/b10-7+. The second kappa shape index (κ2) is 8.29. The number of amides is 1. The van der Waals surface area contributed by atoms with Crippen molar-refractivity contribution in [3.8, 4) is 0 Å². The van der Waals surface area contributed by atoms with Gasteiger partial charge in [0, 0.05) is 17.3 Å². The van der Waals surface area contributed by atoms with Gasteiger partial charge >= 0.3 is 0 Å². The summed E-state index contributed by atoms with van der Waals surface area (Å²) in [5, 5.41) is 7.60. The number of nitrogens with one attached hydrogen (secondary N) is 1. The van der Waals surface area contributed by atoms with Crippen molar-refractivity contribution in [2.75, 3.05) is 5.32 Å². The Morgan fingerprint density at radius 1 is 1.23 bits per heavy atom. The van der Waals surface area contributed by atoms with Gasteiger partial charge in [0.25, 0.3) is 0 Å². The number of rotatable bonds is 5. The quantitative estimate of drug-likeness (QED) is 0.565. The third kappa shape index (κ3) is 4.80. The lowest BCUT2D eigenvalue weighted by atomic mass is 10.2. The van der Waals surface area contributed by atoms with Crippen LogP contribution in [0.2, 0.25) is 5.02 Å². The molecule has 3 aromatic rings. The molecule has 1 aromatic heterocycles. The molecule has 132 valence electrons. The van der Waals surface area contributed by atoms with Crippen molar-refractivity contribution < 1.29 is 9.18 Å². The molecule has 0 radical (unpaired) electrons. The zero-order valence-electron chi connectivity index (χ0n) is 13.5. The van der Waals surface area contributed by atoms with Gasteiger partial charge in [0.2, 0.25) is 5.91 Å². The molecule has 0 aliphatic rings. The summed E-state index contributed by atoms with van der Waals surface area (Å²) in [5.74, 6) is -0.202. The lowest BCUT2D eigenvalue weighted by Gasteiger charge is -2.02. The third-order valence-electron chi connectivity index (χ3n) is 3.54. The second-order valence-corrected chi connectivity index (χ2v) is 6.76. The number of aromatic nitrogens is 2. The molecular weight excluding hydrogens is 421 g/mol. The minimum absolute atomic E-state index is 0.284. The Morgan fingerprint density at radius 3 is 2.69 bits per heavy atom. The van der Waals surface area contributed by atoms with Gasteiger partial charge in [0.1, 0.15) is 5.82 Å². The molecule has 26 heavy (non-hydrogen) atoms. The highest BCUT2D eigenvalue weighted by Gasteiger charge is 2.09. The van der Waals surface area contributed by atoms with Gasteiger partial charge in [-0.3, -0.25) is 9.48 Å². The van der Waals surface area contributed by atoms with E-state index >= 15 is 0 Å². The predicted molar refractivity (Wildman–Crippen MR) is 105 cm³/mol. The Kier molecular flexibility index (Phi) is 5.85. The van der Waals surface area contributed by atoms with E-state index in [0.717, 1.165) is 11.1 Å². The Bertz CT molecular complexity index is 954. The minimum Gasteiger partial charge on any atom is -0.305 e. The fourth-order valence-electron chi connectivity index (χ4n) is 2.27. The fourth-order valence-corrected chi connectivity index (χ4v) is 2.89. The van der Waals surface area contributed by atoms with Crippen LogP contribution < -0.4 is 5.32 Å². The van der Waals surface area contributed by atoms with E-state index in [1.165, 1.54) is 18.2 Å². The Balaban J connectivity index is 1.66. The van der Waals surface area contributed by atoms with Gasteiger partial charge in [0.05, 0.1) is 11.0 Å². The van der Waals surface area contributed by atoms with E-state index in [-0.39, 0.29) is 11.7 Å². The molecule has 0 aliphatic carbocycles. The number of carbonyl (C=O) groups is 1. The van der Waals surface area contributed by atoms with E-state index < -0.39 is 0 Å². The van der Waals surface area contributed by atoms with Crippen LogP contribution in [0, 0.1) is 5.82 Å². The Morgan fingerprint density at radius 2 is 1.96 bits per heavy atom. The molecular formula is C19H14BrClFN3O. The highest BCUT2D eigenvalue weighted by Crippen LogP contribution is 2.21. The first kappa shape index (κ1) is 18.4. The van der Waals surface area contributed by atoms with Crippen LogP contribution in [-0.4, -0.2) is 15.7 Å². The van der Waals surface area contributed by atoms with Crippen LogP contribution in [0.1, 0.15) is 11.1 Å². The van der Waals surface area contributed by atoms with Crippen molar-refractivity contribution in [2.45, 2.75) is 6.54 Å². The molecule has 0 bridgehead atoms. The van der Waals surface area contributed by atoms with Crippen molar-refractivity contribution >= 4 is 45.3 Å². The van der Waals surface area contributed by atoms with Crippen molar-refractivity contribution in [2.24, 2.45) is 0 Å². The molecule has 0 fully saturated rings. The van der Waals surface area contributed by atoms with E-state index in [4.69, 9.17) is 11.6 Å². The van der Waals surface area contributed by atoms with Gasteiger partial charge in [-0.15, -0.1) is 0 Å². The van der Waals surface area contributed by atoms with Gasteiger partial charge in [-0.05, 0) is 51.3 Å². The van der Waals surface area contributed by atoms with E-state index in [1.54, 1.807) is 35.2 Å². The zero-order chi connectivity index (χ0) is 18.5. The molecule has 1 heterocycles. The number of halogens is 3. The molecule has 0 atom stereocenters. The maximum absolute atomic E-state index is 13.0. The maximum atomic E-state index is 13.0. The van der Waals surface area contributed by atoms with Crippen molar-refractivity contribution in [1.82, 2.24) is 9.78 Å². The maximum Gasteiger partial charge on any atom is 0.249 e. The number of nitrogens with zero attached hydrogens (tertiary/aromatic N) is 2. The number of anilines is 1. The van der Waals surface area contributed by atoms with Gasteiger partial charge in [-0.2, -0.15) is 5.10 Å². The Hall–Kier alpha value is -2.44. The predicted octanol–water partition coefficient (Wildman–Crippen LogP) is 5.14. The van der Waals surface area contributed by atoms with Crippen LogP contribution in [0.25, 0.3) is 6.08 Å². The largest absolute Gasteiger partial charge is 0.305 e. The van der Waals surface area contributed by atoms with E-state index in [9.17, 15) is 9.18 Å². The lowest BCUT2D eigenvalue weighted by Crippen LogP contribution is -2.09. The number of hydrogen-bond acceptors (Lipinski definition) is 2. The third-order valence-corrected chi connectivity index (χ3v) is 4.46.